The maximum absolute atomic E-state index is 13.3. The first kappa shape index (κ1) is 21.0. The van der Waals surface area contributed by atoms with Gasteiger partial charge in [0.1, 0.15) is 22.9 Å². The Labute approximate surface area is 174 Å². The van der Waals surface area contributed by atoms with Crippen LogP contribution in [0, 0.1) is 13.8 Å². The zero-order valence-electron chi connectivity index (χ0n) is 17.4. The molecule has 1 N–H and O–H groups in total. The monoisotopic (exact) mass is 413 g/mol. The number of nitrogens with one attached hydrogen (secondary N) is 1. The highest BCUT2D eigenvalue weighted by atomic mass is 32.1. The number of benzene rings is 1. The minimum absolute atomic E-state index is 0.0189. The van der Waals surface area contributed by atoms with Gasteiger partial charge in [-0.2, -0.15) is 0 Å². The van der Waals surface area contributed by atoms with Crippen molar-refractivity contribution in [2.45, 2.75) is 47.1 Å². The van der Waals surface area contributed by atoms with Gasteiger partial charge in [-0.05, 0) is 44.9 Å². The summed E-state index contributed by atoms with van der Waals surface area (Å²) in [7, 11) is 0. The highest BCUT2D eigenvalue weighted by Crippen LogP contribution is 2.36. The van der Waals surface area contributed by atoms with Gasteiger partial charge in [-0.1, -0.05) is 25.5 Å². The van der Waals surface area contributed by atoms with Crippen LogP contribution in [0.5, 0.6) is 5.75 Å². The summed E-state index contributed by atoms with van der Waals surface area (Å²) in [5, 5.41) is 3.44. The fraction of sp³-hybridized carbons (Fsp3) is 0.409. The molecule has 2 heterocycles. The van der Waals surface area contributed by atoms with E-state index in [9.17, 15) is 9.59 Å². The molecule has 1 amide bonds. The van der Waals surface area contributed by atoms with E-state index >= 15 is 0 Å². The molecule has 0 spiro atoms. The van der Waals surface area contributed by atoms with Crippen LogP contribution in [0.4, 0.5) is 0 Å². The Morgan fingerprint density at radius 3 is 2.59 bits per heavy atom. The SMILES string of the molecule is CCCCNC(=O)Cn1c(C)nc2sc(C)c(-c3ccc(OCC)cc3)c2c1=O. The van der Waals surface area contributed by atoms with Crippen LogP contribution < -0.4 is 15.6 Å². The third-order valence-electron chi connectivity index (χ3n) is 4.79. The number of carbonyl (C=O) groups is 1. The summed E-state index contributed by atoms with van der Waals surface area (Å²) >= 11 is 1.50. The lowest BCUT2D eigenvalue weighted by atomic mass is 10.0. The molecule has 6 nitrogen and oxygen atoms in total. The van der Waals surface area contributed by atoms with Gasteiger partial charge in [0.05, 0.1) is 12.0 Å². The van der Waals surface area contributed by atoms with Crippen molar-refractivity contribution >= 4 is 27.5 Å². The molecule has 3 rings (SSSR count). The minimum Gasteiger partial charge on any atom is -0.494 e. The lowest BCUT2D eigenvalue weighted by Gasteiger charge is -2.11. The number of aromatic nitrogens is 2. The zero-order chi connectivity index (χ0) is 21.0. The van der Waals surface area contributed by atoms with Gasteiger partial charge >= 0.3 is 0 Å². The fourth-order valence-electron chi connectivity index (χ4n) is 3.32. The molecule has 0 unspecified atom stereocenters. The van der Waals surface area contributed by atoms with Gasteiger partial charge in [-0.15, -0.1) is 11.3 Å². The molecule has 0 aliphatic heterocycles. The van der Waals surface area contributed by atoms with Crippen molar-refractivity contribution in [3.63, 3.8) is 0 Å². The van der Waals surface area contributed by atoms with E-state index in [1.165, 1.54) is 15.9 Å². The lowest BCUT2D eigenvalue weighted by molar-refractivity contribution is -0.121. The Hall–Kier alpha value is -2.67. The molecule has 0 atom stereocenters. The van der Waals surface area contributed by atoms with Gasteiger partial charge in [0.2, 0.25) is 5.91 Å². The quantitative estimate of drug-likeness (QED) is 0.565. The van der Waals surface area contributed by atoms with E-state index in [1.54, 1.807) is 6.92 Å². The zero-order valence-corrected chi connectivity index (χ0v) is 18.2. The standard InChI is InChI=1S/C22H27N3O3S/c1-5-7-12-23-18(26)13-25-15(4)24-21-20(22(25)27)19(14(3)29-21)16-8-10-17(11-9-16)28-6-2/h8-11H,5-7,12-13H2,1-4H3,(H,23,26). The van der Waals surface area contributed by atoms with E-state index in [4.69, 9.17) is 4.74 Å². The molecule has 1 aromatic carbocycles. The molecule has 0 radical (unpaired) electrons. The van der Waals surface area contributed by atoms with Crippen LogP contribution in [0.25, 0.3) is 21.3 Å². The predicted octanol–water partition coefficient (Wildman–Crippen LogP) is 4.06. The van der Waals surface area contributed by atoms with Gasteiger partial charge < -0.3 is 10.1 Å². The second-order valence-corrected chi connectivity index (χ2v) is 8.13. The molecule has 0 aliphatic carbocycles. The number of fused-ring (bicyclic) bond motifs is 1. The molecular formula is C22H27N3O3S. The van der Waals surface area contributed by atoms with Crippen LogP contribution >= 0.6 is 11.3 Å². The van der Waals surface area contributed by atoms with E-state index in [-0.39, 0.29) is 18.0 Å². The second kappa shape index (κ2) is 9.22. The summed E-state index contributed by atoms with van der Waals surface area (Å²) < 4.78 is 6.98. The topological polar surface area (TPSA) is 73.2 Å². The van der Waals surface area contributed by atoms with Crippen LogP contribution in [0.1, 0.15) is 37.4 Å². The number of thiophene rings is 1. The van der Waals surface area contributed by atoms with Crippen molar-refractivity contribution in [2.75, 3.05) is 13.2 Å². The molecule has 154 valence electrons. The highest BCUT2D eigenvalue weighted by molar-refractivity contribution is 7.19. The summed E-state index contributed by atoms with van der Waals surface area (Å²) in [5.74, 6) is 1.18. The third kappa shape index (κ3) is 4.50. The third-order valence-corrected chi connectivity index (χ3v) is 5.79. The van der Waals surface area contributed by atoms with Crippen LogP contribution in [-0.2, 0) is 11.3 Å². The van der Waals surface area contributed by atoms with Crippen molar-refractivity contribution in [3.8, 4) is 16.9 Å². The van der Waals surface area contributed by atoms with Crippen LogP contribution in [0.2, 0.25) is 0 Å². The summed E-state index contributed by atoms with van der Waals surface area (Å²) in [6.45, 7) is 8.98. The van der Waals surface area contributed by atoms with Crippen LogP contribution in [0.3, 0.4) is 0 Å². The van der Waals surface area contributed by atoms with Crippen molar-refractivity contribution < 1.29 is 9.53 Å². The van der Waals surface area contributed by atoms with Crippen molar-refractivity contribution in [1.82, 2.24) is 14.9 Å². The summed E-state index contributed by atoms with van der Waals surface area (Å²) in [5.41, 5.74) is 1.65. The first-order valence-electron chi connectivity index (χ1n) is 9.96. The Morgan fingerprint density at radius 2 is 1.93 bits per heavy atom. The van der Waals surface area contributed by atoms with E-state index in [1.807, 2.05) is 38.1 Å². The maximum Gasteiger partial charge on any atom is 0.263 e. The number of unbranched alkanes of at least 4 members (excludes halogenated alkanes) is 1. The molecular weight excluding hydrogens is 386 g/mol. The Balaban J connectivity index is 2.03. The average Bonchev–Trinajstić information content (AvgIpc) is 3.02. The molecule has 2 aromatic heterocycles. The van der Waals surface area contributed by atoms with Gasteiger partial charge in [0.15, 0.2) is 0 Å². The number of hydrogen-bond acceptors (Lipinski definition) is 5. The number of amides is 1. The van der Waals surface area contributed by atoms with Crippen molar-refractivity contribution in [2.24, 2.45) is 0 Å². The first-order chi connectivity index (χ1) is 14.0. The molecule has 0 fully saturated rings. The minimum atomic E-state index is -0.175. The molecule has 0 bridgehead atoms. The van der Waals surface area contributed by atoms with Gasteiger partial charge in [0.25, 0.3) is 5.56 Å². The summed E-state index contributed by atoms with van der Waals surface area (Å²) in [6, 6.07) is 7.73. The average molecular weight is 414 g/mol. The molecule has 7 heteroatoms. The Kier molecular flexibility index (Phi) is 6.69. The number of aryl methyl sites for hydroxylation is 2. The summed E-state index contributed by atoms with van der Waals surface area (Å²) in [4.78, 5) is 31.9. The first-order valence-corrected chi connectivity index (χ1v) is 10.8. The molecule has 29 heavy (non-hydrogen) atoms. The van der Waals surface area contributed by atoms with Gasteiger partial charge in [-0.25, -0.2) is 4.98 Å². The lowest BCUT2D eigenvalue weighted by Crippen LogP contribution is -2.34. The predicted molar refractivity (Wildman–Crippen MR) is 118 cm³/mol. The second-order valence-electron chi connectivity index (χ2n) is 6.92. The van der Waals surface area contributed by atoms with Crippen molar-refractivity contribution in [1.29, 1.82) is 0 Å². The molecule has 0 saturated heterocycles. The molecule has 0 saturated carbocycles. The largest absolute Gasteiger partial charge is 0.494 e. The summed E-state index contributed by atoms with van der Waals surface area (Å²) in [6.07, 6.45) is 1.93. The molecule has 0 aliphatic rings. The number of rotatable bonds is 8. The van der Waals surface area contributed by atoms with E-state index in [2.05, 4.69) is 17.2 Å². The van der Waals surface area contributed by atoms with Gasteiger partial charge in [0, 0.05) is 17.0 Å². The normalized spacial score (nSPS) is 11.0. The smallest absolute Gasteiger partial charge is 0.263 e. The highest BCUT2D eigenvalue weighted by Gasteiger charge is 2.19. The number of nitrogens with zero attached hydrogens (tertiary/aromatic N) is 2. The molecule has 3 aromatic rings. The van der Waals surface area contributed by atoms with Crippen LogP contribution in [0.15, 0.2) is 29.1 Å². The number of hydrogen-bond donors (Lipinski definition) is 1. The Bertz CT molecular complexity index is 1070. The fourth-order valence-corrected chi connectivity index (χ4v) is 4.40. The van der Waals surface area contributed by atoms with Crippen LogP contribution in [-0.4, -0.2) is 28.6 Å². The van der Waals surface area contributed by atoms with Crippen molar-refractivity contribution in [3.05, 3.63) is 45.3 Å². The van der Waals surface area contributed by atoms with Gasteiger partial charge in [-0.3, -0.25) is 14.2 Å². The number of carbonyl (C=O) groups excluding carboxylic acids is 1. The number of ether oxygens (including phenoxy) is 1. The van der Waals surface area contributed by atoms with E-state index in [0.717, 1.165) is 34.6 Å². The van der Waals surface area contributed by atoms with E-state index in [0.29, 0.717) is 29.2 Å². The Morgan fingerprint density at radius 1 is 1.21 bits per heavy atom. The van der Waals surface area contributed by atoms with E-state index < -0.39 is 0 Å². The maximum atomic E-state index is 13.3.